The fourth-order valence-corrected chi connectivity index (χ4v) is 4.17. The van der Waals surface area contributed by atoms with Gasteiger partial charge in [-0.3, -0.25) is 9.10 Å². The Hall–Kier alpha value is -1.96. The molecule has 0 aliphatic heterocycles. The second-order valence-electron chi connectivity index (χ2n) is 4.75. The van der Waals surface area contributed by atoms with Gasteiger partial charge in [-0.15, -0.1) is 0 Å². The molecule has 2 aromatic carbocycles. The molecule has 0 aliphatic carbocycles. The Balaban J connectivity index is 2.57. The van der Waals surface area contributed by atoms with Crippen molar-refractivity contribution in [1.29, 1.82) is 0 Å². The number of nitrogens with two attached hydrogens (primary N) is 1. The van der Waals surface area contributed by atoms with Gasteiger partial charge in [0.15, 0.2) is 0 Å². The van der Waals surface area contributed by atoms with Crippen molar-refractivity contribution in [1.82, 2.24) is 0 Å². The van der Waals surface area contributed by atoms with E-state index in [1.54, 1.807) is 12.1 Å². The molecule has 0 fully saturated rings. The van der Waals surface area contributed by atoms with Crippen LogP contribution in [0.3, 0.4) is 0 Å². The molecule has 0 heterocycles. The number of anilines is 1. The molecule has 0 saturated heterocycles. The van der Waals surface area contributed by atoms with E-state index >= 15 is 0 Å². The number of nitrogens with zero attached hydrogens (tertiary/aromatic N) is 1. The molecule has 0 atom stereocenters. The maximum absolute atomic E-state index is 12.9. The Labute approximate surface area is 149 Å². The number of halogens is 2. The standard InChI is InChI=1S/C15H14Cl2N2O4S/c1-23-12-5-3-11(4-6-12)19(9-15(18)20)24(21,22)14-8-10(16)2-7-13(14)17/h2-8H,9H2,1H3,(H2,18,20). The molecule has 0 unspecified atom stereocenters. The number of benzene rings is 2. The van der Waals surface area contributed by atoms with Crippen molar-refractivity contribution in [2.24, 2.45) is 5.73 Å². The van der Waals surface area contributed by atoms with E-state index in [0.717, 1.165) is 4.31 Å². The van der Waals surface area contributed by atoms with Crippen molar-refractivity contribution in [2.75, 3.05) is 18.0 Å². The number of sulfonamides is 1. The summed E-state index contributed by atoms with van der Waals surface area (Å²) in [5.74, 6) is -0.275. The lowest BCUT2D eigenvalue weighted by Crippen LogP contribution is -2.38. The van der Waals surface area contributed by atoms with Gasteiger partial charge in [-0.25, -0.2) is 8.42 Å². The SMILES string of the molecule is COc1ccc(N(CC(N)=O)S(=O)(=O)c2cc(Cl)ccc2Cl)cc1. The highest BCUT2D eigenvalue weighted by Crippen LogP contribution is 2.31. The Morgan fingerprint density at radius 2 is 1.79 bits per heavy atom. The van der Waals surface area contributed by atoms with E-state index in [1.807, 2.05) is 0 Å². The predicted molar refractivity (Wildman–Crippen MR) is 93.2 cm³/mol. The van der Waals surface area contributed by atoms with Crippen molar-refractivity contribution >= 4 is 44.8 Å². The molecular formula is C15H14Cl2N2O4S. The molecule has 0 saturated carbocycles. The van der Waals surface area contributed by atoms with Gasteiger partial charge in [-0.1, -0.05) is 23.2 Å². The van der Waals surface area contributed by atoms with Crippen molar-refractivity contribution in [3.8, 4) is 5.75 Å². The van der Waals surface area contributed by atoms with Crippen LogP contribution in [0.5, 0.6) is 5.75 Å². The number of methoxy groups -OCH3 is 1. The van der Waals surface area contributed by atoms with E-state index in [1.165, 1.54) is 37.4 Å². The van der Waals surface area contributed by atoms with Crippen LogP contribution >= 0.6 is 23.2 Å². The summed E-state index contributed by atoms with van der Waals surface area (Å²) in [5.41, 5.74) is 5.44. The summed E-state index contributed by atoms with van der Waals surface area (Å²) in [7, 11) is -2.66. The Bertz CT molecular complexity index is 854. The number of carbonyl (C=O) groups excluding carboxylic acids is 1. The van der Waals surface area contributed by atoms with Crippen LogP contribution in [0.1, 0.15) is 0 Å². The van der Waals surface area contributed by atoms with E-state index in [0.29, 0.717) is 5.75 Å². The maximum atomic E-state index is 12.9. The molecule has 9 heteroatoms. The number of amides is 1. The second kappa shape index (κ2) is 7.29. The Morgan fingerprint density at radius 3 is 2.33 bits per heavy atom. The topological polar surface area (TPSA) is 89.7 Å². The molecule has 2 N–H and O–H groups in total. The van der Waals surface area contributed by atoms with Crippen LogP contribution < -0.4 is 14.8 Å². The van der Waals surface area contributed by atoms with Gasteiger partial charge < -0.3 is 10.5 Å². The van der Waals surface area contributed by atoms with Crippen molar-refractivity contribution < 1.29 is 17.9 Å². The summed E-state index contributed by atoms with van der Waals surface area (Å²) in [4.78, 5) is 11.2. The average molecular weight is 389 g/mol. The van der Waals surface area contributed by atoms with Gasteiger partial charge in [-0.2, -0.15) is 0 Å². The minimum Gasteiger partial charge on any atom is -0.497 e. The van der Waals surface area contributed by atoms with Gasteiger partial charge in [-0.05, 0) is 42.5 Å². The zero-order valence-corrected chi connectivity index (χ0v) is 14.9. The lowest BCUT2D eigenvalue weighted by molar-refractivity contribution is -0.116. The summed E-state index contributed by atoms with van der Waals surface area (Å²) >= 11 is 11.9. The molecule has 0 radical (unpaired) electrons. The fourth-order valence-electron chi connectivity index (χ4n) is 2.00. The van der Waals surface area contributed by atoms with E-state index in [2.05, 4.69) is 0 Å². The van der Waals surface area contributed by atoms with E-state index in [9.17, 15) is 13.2 Å². The number of hydrogen-bond donors (Lipinski definition) is 1. The second-order valence-corrected chi connectivity index (χ2v) is 7.43. The number of hydrogen-bond acceptors (Lipinski definition) is 4. The number of carbonyl (C=O) groups is 1. The quantitative estimate of drug-likeness (QED) is 0.823. The Morgan fingerprint density at radius 1 is 1.17 bits per heavy atom. The molecule has 0 aromatic heterocycles. The number of ether oxygens (including phenoxy) is 1. The highest BCUT2D eigenvalue weighted by atomic mass is 35.5. The lowest BCUT2D eigenvalue weighted by Gasteiger charge is -2.24. The summed E-state index contributed by atoms with van der Waals surface area (Å²) in [6, 6.07) is 10.2. The molecule has 2 aromatic rings. The zero-order valence-electron chi connectivity index (χ0n) is 12.6. The van der Waals surface area contributed by atoms with Gasteiger partial charge in [0, 0.05) is 5.02 Å². The third-order valence-electron chi connectivity index (χ3n) is 3.12. The van der Waals surface area contributed by atoms with Gasteiger partial charge in [0.1, 0.15) is 17.2 Å². The van der Waals surface area contributed by atoms with E-state index < -0.39 is 22.5 Å². The third-order valence-corrected chi connectivity index (χ3v) is 5.61. The van der Waals surface area contributed by atoms with Gasteiger partial charge in [0.25, 0.3) is 10.0 Å². The molecule has 128 valence electrons. The largest absolute Gasteiger partial charge is 0.497 e. The molecule has 0 spiro atoms. The van der Waals surface area contributed by atoms with Gasteiger partial charge in [0.05, 0.1) is 17.8 Å². The molecule has 1 amide bonds. The molecular weight excluding hydrogens is 375 g/mol. The van der Waals surface area contributed by atoms with Crippen molar-refractivity contribution in [2.45, 2.75) is 4.90 Å². The normalized spacial score (nSPS) is 11.1. The summed E-state index contributed by atoms with van der Waals surface area (Å²) < 4.78 is 31.8. The summed E-state index contributed by atoms with van der Waals surface area (Å²) in [6.45, 7) is -0.544. The highest BCUT2D eigenvalue weighted by Gasteiger charge is 2.28. The van der Waals surface area contributed by atoms with Crippen molar-refractivity contribution in [3.63, 3.8) is 0 Å². The first kappa shape index (κ1) is 18.4. The van der Waals surface area contributed by atoms with Gasteiger partial charge >= 0.3 is 0 Å². The Kier molecular flexibility index (Phi) is 5.58. The molecule has 24 heavy (non-hydrogen) atoms. The monoisotopic (exact) mass is 388 g/mol. The minimum absolute atomic E-state index is 0.0117. The van der Waals surface area contributed by atoms with E-state index in [4.69, 9.17) is 33.7 Å². The van der Waals surface area contributed by atoms with Crippen LogP contribution in [0.4, 0.5) is 5.69 Å². The molecule has 0 bridgehead atoms. The first-order valence-corrected chi connectivity index (χ1v) is 8.85. The van der Waals surface area contributed by atoms with Gasteiger partial charge in [0.2, 0.25) is 5.91 Å². The summed E-state index contributed by atoms with van der Waals surface area (Å²) in [5, 5.41) is 0.189. The maximum Gasteiger partial charge on any atom is 0.266 e. The lowest BCUT2D eigenvalue weighted by atomic mass is 10.3. The minimum atomic E-state index is -4.15. The smallest absolute Gasteiger partial charge is 0.266 e. The highest BCUT2D eigenvalue weighted by molar-refractivity contribution is 7.93. The van der Waals surface area contributed by atoms with Crippen LogP contribution in [-0.2, 0) is 14.8 Å². The van der Waals surface area contributed by atoms with Crippen LogP contribution in [0, 0.1) is 0 Å². The fraction of sp³-hybridized carbons (Fsp3) is 0.133. The van der Waals surface area contributed by atoms with Crippen LogP contribution in [0.25, 0.3) is 0 Å². The molecule has 2 rings (SSSR count). The van der Waals surface area contributed by atoms with Crippen LogP contribution in [-0.4, -0.2) is 28.0 Å². The van der Waals surface area contributed by atoms with Crippen molar-refractivity contribution in [3.05, 3.63) is 52.5 Å². The number of primary amides is 1. The summed E-state index contributed by atoms with van der Waals surface area (Å²) in [6.07, 6.45) is 0. The first-order chi connectivity index (χ1) is 11.3. The number of rotatable bonds is 6. The molecule has 6 nitrogen and oxygen atoms in total. The predicted octanol–water partition coefficient (Wildman–Crippen LogP) is 2.68. The van der Waals surface area contributed by atoms with E-state index in [-0.39, 0.29) is 20.6 Å². The van der Waals surface area contributed by atoms with Crippen LogP contribution in [0.2, 0.25) is 10.0 Å². The molecule has 0 aliphatic rings. The first-order valence-electron chi connectivity index (χ1n) is 6.66. The zero-order chi connectivity index (χ0) is 17.9. The third kappa shape index (κ3) is 3.92. The van der Waals surface area contributed by atoms with Crippen LogP contribution in [0.15, 0.2) is 47.4 Å². The average Bonchev–Trinajstić information content (AvgIpc) is 2.54.